The van der Waals surface area contributed by atoms with Gasteiger partial charge in [-0.15, -0.1) is 0 Å². The average molecular weight is 202 g/mol. The van der Waals surface area contributed by atoms with Crippen LogP contribution in [0, 0.1) is 11.8 Å². The van der Waals surface area contributed by atoms with Crippen molar-refractivity contribution in [3.63, 3.8) is 0 Å². The van der Waals surface area contributed by atoms with Gasteiger partial charge in [-0.2, -0.15) is 0 Å². The monoisotopic (exact) mass is 202 g/mol. The molecule has 0 radical (unpaired) electrons. The third-order valence-electron chi connectivity index (χ3n) is 3.06. The Morgan fingerprint density at radius 3 is 1.77 bits per heavy atom. The Kier molecular flexibility index (Phi) is 4.42. The molecule has 1 aliphatic rings. The molecule has 0 aromatic carbocycles. The highest BCUT2D eigenvalue weighted by Gasteiger charge is 2.31. The molecule has 0 aliphatic heterocycles. The number of hydrogen-bond donors (Lipinski definition) is 0. The number of rotatable bonds is 3. The first-order valence-electron chi connectivity index (χ1n) is 5.23. The molecular weight excluding hydrogens is 180 g/mol. The Labute approximate surface area is 83.5 Å². The van der Waals surface area contributed by atoms with Gasteiger partial charge < -0.3 is 8.85 Å². The van der Waals surface area contributed by atoms with E-state index in [4.69, 9.17) is 8.85 Å². The summed E-state index contributed by atoms with van der Waals surface area (Å²) in [6, 6.07) is 0. The van der Waals surface area contributed by atoms with Gasteiger partial charge in [-0.25, -0.2) is 0 Å². The van der Waals surface area contributed by atoms with E-state index in [0.717, 1.165) is 17.4 Å². The Bertz CT molecular complexity index is 138. The van der Waals surface area contributed by atoms with Crippen LogP contribution in [0.3, 0.4) is 0 Å². The maximum atomic E-state index is 5.45. The summed E-state index contributed by atoms with van der Waals surface area (Å²) in [6.07, 6.45) is 4.00. The molecule has 0 N–H and O–H groups in total. The van der Waals surface area contributed by atoms with Crippen LogP contribution in [0.15, 0.2) is 0 Å². The maximum Gasteiger partial charge on any atom is 0.324 e. The molecule has 0 aromatic heterocycles. The highest BCUT2D eigenvalue weighted by Crippen LogP contribution is 2.38. The van der Waals surface area contributed by atoms with Crippen molar-refractivity contribution in [2.75, 3.05) is 14.2 Å². The van der Waals surface area contributed by atoms with Gasteiger partial charge in [0.25, 0.3) is 0 Å². The minimum absolute atomic E-state index is 0.730. The summed E-state index contributed by atoms with van der Waals surface area (Å²) < 4.78 is 10.9. The van der Waals surface area contributed by atoms with E-state index < -0.39 is 9.28 Å². The van der Waals surface area contributed by atoms with Crippen LogP contribution in [0.25, 0.3) is 0 Å². The Hall–Kier alpha value is 0.137. The van der Waals surface area contributed by atoms with E-state index in [1.165, 1.54) is 19.3 Å². The maximum absolute atomic E-state index is 5.45. The zero-order chi connectivity index (χ0) is 9.84. The summed E-state index contributed by atoms with van der Waals surface area (Å²) >= 11 is 0. The van der Waals surface area contributed by atoms with E-state index in [2.05, 4.69) is 13.8 Å². The predicted molar refractivity (Wildman–Crippen MR) is 57.1 cm³/mol. The van der Waals surface area contributed by atoms with Gasteiger partial charge in [0, 0.05) is 19.8 Å². The van der Waals surface area contributed by atoms with Gasteiger partial charge in [-0.05, 0) is 31.1 Å². The van der Waals surface area contributed by atoms with Crippen molar-refractivity contribution in [3.8, 4) is 0 Å². The summed E-state index contributed by atoms with van der Waals surface area (Å²) in [5.74, 6) is 1.71. The van der Waals surface area contributed by atoms with Crippen LogP contribution in [0.5, 0.6) is 0 Å². The van der Waals surface area contributed by atoms with Crippen molar-refractivity contribution < 1.29 is 8.85 Å². The second kappa shape index (κ2) is 5.13. The largest absolute Gasteiger partial charge is 0.400 e. The Morgan fingerprint density at radius 1 is 0.923 bits per heavy atom. The van der Waals surface area contributed by atoms with E-state index in [1.54, 1.807) is 14.2 Å². The fourth-order valence-corrected chi connectivity index (χ4v) is 5.05. The molecule has 1 aliphatic carbocycles. The van der Waals surface area contributed by atoms with Gasteiger partial charge >= 0.3 is 9.28 Å². The topological polar surface area (TPSA) is 18.5 Å². The minimum Gasteiger partial charge on any atom is -0.400 e. The second-order valence-corrected chi connectivity index (χ2v) is 7.14. The van der Waals surface area contributed by atoms with Gasteiger partial charge in [0.15, 0.2) is 0 Å². The van der Waals surface area contributed by atoms with Crippen LogP contribution in [0.2, 0.25) is 5.54 Å². The number of hydrogen-bond acceptors (Lipinski definition) is 2. The molecule has 0 saturated heterocycles. The van der Waals surface area contributed by atoms with Gasteiger partial charge in [-0.3, -0.25) is 0 Å². The molecule has 78 valence electrons. The van der Waals surface area contributed by atoms with Crippen LogP contribution in [-0.2, 0) is 8.85 Å². The standard InChI is InChI=1S/C10H22O2Si/c1-8-5-9(2)7-10(6-8)13(11-3)12-4/h8-10,13H,5-7H2,1-4H3. The SMILES string of the molecule is CO[SiH](OC)C1CC(C)CC(C)C1. The molecule has 2 atom stereocenters. The van der Waals surface area contributed by atoms with Crippen molar-refractivity contribution in [2.45, 2.75) is 38.7 Å². The van der Waals surface area contributed by atoms with Crippen LogP contribution >= 0.6 is 0 Å². The summed E-state index contributed by atoms with van der Waals surface area (Å²) in [4.78, 5) is 0. The first-order chi connectivity index (χ1) is 6.17. The van der Waals surface area contributed by atoms with Crippen LogP contribution in [-0.4, -0.2) is 23.5 Å². The molecule has 0 aromatic rings. The zero-order valence-electron chi connectivity index (χ0n) is 9.25. The first kappa shape index (κ1) is 11.2. The molecule has 1 saturated carbocycles. The molecule has 3 heteroatoms. The lowest BCUT2D eigenvalue weighted by Crippen LogP contribution is -2.31. The van der Waals surface area contributed by atoms with Gasteiger partial charge in [0.1, 0.15) is 0 Å². The fourth-order valence-electron chi connectivity index (χ4n) is 2.71. The second-order valence-electron chi connectivity index (χ2n) is 4.52. The molecule has 0 heterocycles. The highest BCUT2D eigenvalue weighted by atomic mass is 28.3. The van der Waals surface area contributed by atoms with Crippen LogP contribution < -0.4 is 0 Å². The molecule has 13 heavy (non-hydrogen) atoms. The van der Waals surface area contributed by atoms with Crippen molar-refractivity contribution in [2.24, 2.45) is 11.8 Å². The van der Waals surface area contributed by atoms with E-state index in [0.29, 0.717) is 0 Å². The molecule has 0 amide bonds. The lowest BCUT2D eigenvalue weighted by atomic mass is 9.83. The fraction of sp³-hybridized carbons (Fsp3) is 1.00. The average Bonchev–Trinajstić information content (AvgIpc) is 2.04. The zero-order valence-corrected chi connectivity index (χ0v) is 10.4. The summed E-state index contributed by atoms with van der Waals surface area (Å²) in [7, 11) is 2.24. The molecule has 1 fully saturated rings. The van der Waals surface area contributed by atoms with E-state index in [9.17, 15) is 0 Å². The predicted octanol–water partition coefficient (Wildman–Crippen LogP) is 2.33. The summed E-state index contributed by atoms with van der Waals surface area (Å²) in [6.45, 7) is 4.69. The van der Waals surface area contributed by atoms with Gasteiger partial charge in [0.2, 0.25) is 0 Å². The third-order valence-corrected chi connectivity index (χ3v) is 5.31. The molecule has 2 unspecified atom stereocenters. The summed E-state index contributed by atoms with van der Waals surface area (Å²) in [5.41, 5.74) is 0.730. The van der Waals surface area contributed by atoms with E-state index in [1.807, 2.05) is 0 Å². The first-order valence-corrected chi connectivity index (χ1v) is 6.83. The Balaban J connectivity index is 2.48. The molecule has 1 rings (SSSR count). The van der Waals surface area contributed by atoms with Gasteiger partial charge in [-0.1, -0.05) is 13.8 Å². The van der Waals surface area contributed by atoms with Crippen molar-refractivity contribution in [3.05, 3.63) is 0 Å². The lowest BCUT2D eigenvalue weighted by Gasteiger charge is -2.33. The highest BCUT2D eigenvalue weighted by molar-refractivity contribution is 6.46. The van der Waals surface area contributed by atoms with Gasteiger partial charge in [0.05, 0.1) is 0 Å². The summed E-state index contributed by atoms with van der Waals surface area (Å²) in [5, 5.41) is 0. The molecular formula is C10H22O2Si. The van der Waals surface area contributed by atoms with E-state index >= 15 is 0 Å². The Morgan fingerprint density at radius 2 is 1.38 bits per heavy atom. The smallest absolute Gasteiger partial charge is 0.324 e. The third kappa shape index (κ3) is 3.08. The van der Waals surface area contributed by atoms with E-state index in [-0.39, 0.29) is 0 Å². The van der Waals surface area contributed by atoms with Crippen molar-refractivity contribution >= 4 is 9.28 Å². The van der Waals surface area contributed by atoms with Crippen LogP contribution in [0.1, 0.15) is 33.1 Å². The lowest BCUT2D eigenvalue weighted by molar-refractivity contribution is 0.220. The molecule has 0 spiro atoms. The molecule has 0 bridgehead atoms. The van der Waals surface area contributed by atoms with Crippen molar-refractivity contribution in [1.29, 1.82) is 0 Å². The molecule has 2 nitrogen and oxygen atoms in total. The van der Waals surface area contributed by atoms with Crippen molar-refractivity contribution in [1.82, 2.24) is 0 Å². The van der Waals surface area contributed by atoms with Crippen LogP contribution in [0.4, 0.5) is 0 Å². The normalized spacial score (nSPS) is 35.3. The quantitative estimate of drug-likeness (QED) is 0.654. The minimum atomic E-state index is -1.35.